The molecule has 0 bridgehead atoms. The highest BCUT2D eigenvalue weighted by Gasteiger charge is 2.17. The first-order valence-electron chi connectivity index (χ1n) is 6.72. The second-order valence-corrected chi connectivity index (χ2v) is 4.98. The van der Waals surface area contributed by atoms with Crippen LogP contribution < -0.4 is 10.6 Å². The van der Waals surface area contributed by atoms with Gasteiger partial charge in [-0.1, -0.05) is 6.92 Å². The third kappa shape index (κ3) is 3.32. The van der Waals surface area contributed by atoms with Gasteiger partial charge in [0.2, 0.25) is 5.91 Å². The second kappa shape index (κ2) is 6.00. The molecule has 0 radical (unpaired) electrons. The van der Waals surface area contributed by atoms with E-state index in [2.05, 4.69) is 15.7 Å². The molecular weight excluding hydrogens is 228 g/mol. The molecule has 1 aromatic rings. The lowest BCUT2D eigenvalue weighted by molar-refractivity contribution is -0.117. The lowest BCUT2D eigenvalue weighted by Gasteiger charge is -2.21. The zero-order chi connectivity index (χ0) is 13.0. The first-order chi connectivity index (χ1) is 8.69. The number of piperidine rings is 1. The summed E-state index contributed by atoms with van der Waals surface area (Å²) in [6.07, 6.45) is 5.63. The molecule has 5 nitrogen and oxygen atoms in total. The summed E-state index contributed by atoms with van der Waals surface area (Å²) in [5.41, 5.74) is 1.81. The number of nitrogens with zero attached hydrogens (tertiary/aromatic N) is 2. The topological polar surface area (TPSA) is 59.0 Å². The highest BCUT2D eigenvalue weighted by atomic mass is 16.1. The number of amides is 1. The van der Waals surface area contributed by atoms with Crippen molar-refractivity contribution in [3.05, 3.63) is 11.9 Å². The standard InChI is InChI=1S/C13H22N4O/c1-3-11-12(9-17(2)16-11)15-13(18)7-10-5-4-6-14-8-10/h9-10,14H,3-8H2,1-2H3,(H,15,18). The van der Waals surface area contributed by atoms with Gasteiger partial charge in [-0.25, -0.2) is 0 Å². The molecule has 18 heavy (non-hydrogen) atoms. The van der Waals surface area contributed by atoms with E-state index in [1.54, 1.807) is 4.68 Å². The first-order valence-corrected chi connectivity index (χ1v) is 6.72. The molecular formula is C13H22N4O. The van der Waals surface area contributed by atoms with E-state index in [4.69, 9.17) is 0 Å². The van der Waals surface area contributed by atoms with Crippen LogP contribution in [0.1, 0.15) is 31.9 Å². The van der Waals surface area contributed by atoms with Gasteiger partial charge >= 0.3 is 0 Å². The number of aromatic nitrogens is 2. The van der Waals surface area contributed by atoms with E-state index in [0.717, 1.165) is 37.3 Å². The van der Waals surface area contributed by atoms with Gasteiger partial charge in [-0.2, -0.15) is 5.10 Å². The Labute approximate surface area is 108 Å². The molecule has 0 saturated carbocycles. The van der Waals surface area contributed by atoms with Crippen molar-refractivity contribution in [1.82, 2.24) is 15.1 Å². The molecule has 2 heterocycles. The monoisotopic (exact) mass is 250 g/mol. The molecule has 1 fully saturated rings. The normalized spacial score (nSPS) is 19.8. The van der Waals surface area contributed by atoms with Gasteiger partial charge in [0.1, 0.15) is 0 Å². The summed E-state index contributed by atoms with van der Waals surface area (Å²) in [5, 5.41) is 10.6. The minimum atomic E-state index is 0.103. The zero-order valence-corrected chi connectivity index (χ0v) is 11.2. The van der Waals surface area contributed by atoms with Crippen molar-refractivity contribution < 1.29 is 4.79 Å². The summed E-state index contributed by atoms with van der Waals surface area (Å²) in [6, 6.07) is 0. The number of rotatable bonds is 4. The number of hydrogen-bond donors (Lipinski definition) is 2. The Hall–Kier alpha value is -1.36. The fourth-order valence-electron chi connectivity index (χ4n) is 2.46. The number of anilines is 1. The molecule has 1 atom stereocenters. The van der Waals surface area contributed by atoms with Crippen LogP contribution in [0.3, 0.4) is 0 Å². The number of carbonyl (C=O) groups excluding carboxylic acids is 1. The Morgan fingerprint density at radius 2 is 2.50 bits per heavy atom. The summed E-state index contributed by atoms with van der Waals surface area (Å²) in [5.74, 6) is 0.576. The highest BCUT2D eigenvalue weighted by molar-refractivity contribution is 5.91. The van der Waals surface area contributed by atoms with E-state index in [1.165, 1.54) is 6.42 Å². The van der Waals surface area contributed by atoms with Crippen LogP contribution in [0.25, 0.3) is 0 Å². The van der Waals surface area contributed by atoms with Crippen molar-refractivity contribution in [2.75, 3.05) is 18.4 Å². The molecule has 1 aliphatic heterocycles. The maximum atomic E-state index is 12.0. The fraction of sp³-hybridized carbons (Fsp3) is 0.692. The number of hydrogen-bond acceptors (Lipinski definition) is 3. The zero-order valence-electron chi connectivity index (χ0n) is 11.2. The maximum Gasteiger partial charge on any atom is 0.224 e. The Kier molecular flexibility index (Phi) is 4.36. The summed E-state index contributed by atoms with van der Waals surface area (Å²) in [4.78, 5) is 12.0. The molecule has 1 unspecified atom stereocenters. The Morgan fingerprint density at radius 3 is 3.17 bits per heavy atom. The van der Waals surface area contributed by atoms with E-state index in [0.29, 0.717) is 12.3 Å². The van der Waals surface area contributed by atoms with Gasteiger partial charge in [-0.3, -0.25) is 9.48 Å². The Bertz CT molecular complexity index is 407. The van der Waals surface area contributed by atoms with Gasteiger partial charge in [0, 0.05) is 19.7 Å². The Morgan fingerprint density at radius 1 is 1.67 bits per heavy atom. The van der Waals surface area contributed by atoms with Crippen LogP contribution in [0.5, 0.6) is 0 Å². The minimum absolute atomic E-state index is 0.103. The highest BCUT2D eigenvalue weighted by Crippen LogP contribution is 2.17. The van der Waals surface area contributed by atoms with Crippen molar-refractivity contribution in [3.63, 3.8) is 0 Å². The first kappa shape index (κ1) is 13.1. The van der Waals surface area contributed by atoms with Gasteiger partial charge < -0.3 is 10.6 Å². The van der Waals surface area contributed by atoms with Crippen LogP contribution in [0, 0.1) is 5.92 Å². The van der Waals surface area contributed by atoms with Gasteiger partial charge in [-0.05, 0) is 38.3 Å². The second-order valence-electron chi connectivity index (χ2n) is 4.98. The molecule has 100 valence electrons. The summed E-state index contributed by atoms with van der Waals surface area (Å²) < 4.78 is 1.75. The van der Waals surface area contributed by atoms with Crippen LogP contribution in [0.15, 0.2) is 6.20 Å². The van der Waals surface area contributed by atoms with Crippen molar-refractivity contribution in [1.29, 1.82) is 0 Å². The van der Waals surface area contributed by atoms with Gasteiger partial charge in [0.05, 0.1) is 11.4 Å². The SMILES string of the molecule is CCc1nn(C)cc1NC(=O)CC1CCCNC1. The molecule has 2 rings (SSSR count). The molecule has 0 aromatic carbocycles. The van der Waals surface area contributed by atoms with E-state index >= 15 is 0 Å². The molecule has 0 spiro atoms. The number of aryl methyl sites for hydroxylation is 2. The molecule has 1 aromatic heterocycles. The fourth-order valence-corrected chi connectivity index (χ4v) is 2.46. The van der Waals surface area contributed by atoms with E-state index in [-0.39, 0.29) is 5.91 Å². The van der Waals surface area contributed by atoms with Gasteiger partial charge in [-0.15, -0.1) is 0 Å². The minimum Gasteiger partial charge on any atom is -0.323 e. The number of nitrogens with one attached hydrogen (secondary N) is 2. The van der Waals surface area contributed by atoms with E-state index < -0.39 is 0 Å². The molecule has 1 amide bonds. The maximum absolute atomic E-state index is 12.0. The van der Waals surface area contributed by atoms with Crippen LogP contribution in [0.4, 0.5) is 5.69 Å². The average molecular weight is 250 g/mol. The summed E-state index contributed by atoms with van der Waals surface area (Å²) >= 11 is 0. The third-order valence-corrected chi connectivity index (χ3v) is 3.39. The average Bonchev–Trinajstić information content (AvgIpc) is 2.70. The quantitative estimate of drug-likeness (QED) is 0.847. The lowest BCUT2D eigenvalue weighted by atomic mass is 9.96. The largest absolute Gasteiger partial charge is 0.323 e. The van der Waals surface area contributed by atoms with Gasteiger partial charge in [0.25, 0.3) is 0 Å². The van der Waals surface area contributed by atoms with Crippen LogP contribution in [-0.4, -0.2) is 28.8 Å². The van der Waals surface area contributed by atoms with Crippen molar-refractivity contribution >= 4 is 11.6 Å². The summed E-state index contributed by atoms with van der Waals surface area (Å²) in [7, 11) is 1.87. The van der Waals surface area contributed by atoms with Gasteiger partial charge in [0.15, 0.2) is 0 Å². The lowest BCUT2D eigenvalue weighted by Crippen LogP contribution is -2.32. The van der Waals surface area contributed by atoms with E-state index in [1.807, 2.05) is 20.2 Å². The Balaban J connectivity index is 1.89. The molecule has 1 aliphatic rings. The molecule has 5 heteroatoms. The summed E-state index contributed by atoms with van der Waals surface area (Å²) in [6.45, 7) is 4.09. The van der Waals surface area contributed by atoms with Crippen molar-refractivity contribution in [2.45, 2.75) is 32.6 Å². The van der Waals surface area contributed by atoms with E-state index in [9.17, 15) is 4.79 Å². The van der Waals surface area contributed by atoms with Crippen molar-refractivity contribution in [2.24, 2.45) is 13.0 Å². The number of carbonyl (C=O) groups is 1. The smallest absolute Gasteiger partial charge is 0.224 e. The van der Waals surface area contributed by atoms with Crippen LogP contribution >= 0.6 is 0 Å². The van der Waals surface area contributed by atoms with Crippen molar-refractivity contribution in [3.8, 4) is 0 Å². The van der Waals surface area contributed by atoms with Crippen LogP contribution in [-0.2, 0) is 18.3 Å². The third-order valence-electron chi connectivity index (χ3n) is 3.39. The molecule has 1 saturated heterocycles. The predicted octanol–water partition coefficient (Wildman–Crippen LogP) is 1.31. The predicted molar refractivity (Wildman–Crippen MR) is 71.4 cm³/mol. The molecule has 0 aliphatic carbocycles. The molecule has 2 N–H and O–H groups in total. The van der Waals surface area contributed by atoms with Crippen LogP contribution in [0.2, 0.25) is 0 Å².